The van der Waals surface area contributed by atoms with E-state index < -0.39 is 5.95 Å². The van der Waals surface area contributed by atoms with E-state index in [1.807, 2.05) is 6.07 Å². The Morgan fingerprint density at radius 2 is 1.86 bits per heavy atom. The number of nitrogens with zero attached hydrogens (tertiary/aromatic N) is 3. The highest BCUT2D eigenvalue weighted by Crippen LogP contribution is 2.31. The third-order valence-corrected chi connectivity index (χ3v) is 4.52. The molecule has 0 unspecified atom stereocenters. The smallest absolute Gasteiger partial charge is 0.255 e. The fourth-order valence-electron chi connectivity index (χ4n) is 3.11. The molecule has 0 saturated heterocycles. The summed E-state index contributed by atoms with van der Waals surface area (Å²) < 4.78 is 19.7. The number of pyridine rings is 1. The second kappa shape index (κ2) is 7.05. The van der Waals surface area contributed by atoms with E-state index in [2.05, 4.69) is 15.0 Å². The topological polar surface area (TPSA) is 118 Å². The Bertz CT molecular complexity index is 1360. The number of H-pyrrole nitrogens is 1. The minimum atomic E-state index is -0.849. The summed E-state index contributed by atoms with van der Waals surface area (Å²) in [6.45, 7) is 0. The summed E-state index contributed by atoms with van der Waals surface area (Å²) in [5, 5.41) is 10.5. The predicted octanol–water partition coefficient (Wildman–Crippen LogP) is 3.25. The lowest BCUT2D eigenvalue weighted by Crippen LogP contribution is -2.05. The number of ether oxygens (including phenoxy) is 1. The first-order valence-corrected chi connectivity index (χ1v) is 8.55. The van der Waals surface area contributed by atoms with Gasteiger partial charge < -0.3 is 15.5 Å². The number of anilines is 1. The zero-order chi connectivity index (χ0) is 20.5. The number of hydrogen-bond acceptors (Lipinski definition) is 6. The molecule has 0 atom stereocenters. The van der Waals surface area contributed by atoms with Crippen LogP contribution in [0.2, 0.25) is 0 Å². The van der Waals surface area contributed by atoms with Gasteiger partial charge in [0, 0.05) is 22.7 Å². The Hall–Kier alpha value is -4.25. The number of aromatic nitrogens is 3. The van der Waals surface area contributed by atoms with Crippen LogP contribution in [0.15, 0.2) is 53.5 Å². The van der Waals surface area contributed by atoms with Crippen molar-refractivity contribution >= 4 is 16.6 Å². The number of fused-ring (bicyclic) bond motifs is 1. The Morgan fingerprint density at radius 3 is 2.62 bits per heavy atom. The second-order valence-corrected chi connectivity index (χ2v) is 6.23. The fourth-order valence-corrected chi connectivity index (χ4v) is 3.11. The number of benzene rings is 2. The van der Waals surface area contributed by atoms with Crippen LogP contribution in [-0.4, -0.2) is 22.1 Å². The Morgan fingerprint density at radius 1 is 1.10 bits per heavy atom. The third-order valence-electron chi connectivity index (χ3n) is 4.52. The van der Waals surface area contributed by atoms with Gasteiger partial charge in [-0.05, 0) is 41.8 Å². The molecule has 2 aromatic heterocycles. The van der Waals surface area contributed by atoms with E-state index in [4.69, 9.17) is 10.5 Å². The van der Waals surface area contributed by atoms with Crippen molar-refractivity contribution in [3.8, 4) is 34.3 Å². The summed E-state index contributed by atoms with van der Waals surface area (Å²) in [6, 6.07) is 13.4. The van der Waals surface area contributed by atoms with Crippen molar-refractivity contribution in [2.75, 3.05) is 12.8 Å². The van der Waals surface area contributed by atoms with E-state index in [1.54, 1.807) is 42.6 Å². The molecule has 0 spiro atoms. The van der Waals surface area contributed by atoms with Crippen molar-refractivity contribution in [2.45, 2.75) is 0 Å². The molecule has 0 amide bonds. The number of hydrogen-bond donors (Lipinski definition) is 2. The van der Waals surface area contributed by atoms with Crippen LogP contribution in [0.4, 0.5) is 10.2 Å². The summed E-state index contributed by atoms with van der Waals surface area (Å²) in [5.41, 5.74) is 7.14. The van der Waals surface area contributed by atoms with Gasteiger partial charge in [-0.1, -0.05) is 6.07 Å². The number of rotatable bonds is 3. The van der Waals surface area contributed by atoms with Gasteiger partial charge in [0.2, 0.25) is 5.95 Å². The van der Waals surface area contributed by atoms with Gasteiger partial charge in [-0.25, -0.2) is 4.98 Å². The number of nitrogen functional groups attached to an aromatic ring is 1. The van der Waals surface area contributed by atoms with Gasteiger partial charge in [0.05, 0.1) is 12.7 Å². The van der Waals surface area contributed by atoms with Gasteiger partial charge in [-0.3, -0.25) is 4.79 Å². The molecule has 0 bridgehead atoms. The summed E-state index contributed by atoms with van der Waals surface area (Å²) in [5.74, 6) is -0.554. The highest BCUT2D eigenvalue weighted by Gasteiger charge is 2.17. The van der Waals surface area contributed by atoms with Crippen molar-refractivity contribution in [3.63, 3.8) is 0 Å². The van der Waals surface area contributed by atoms with Crippen molar-refractivity contribution in [2.24, 2.45) is 0 Å². The molecular formula is C21H14FN5O2. The van der Waals surface area contributed by atoms with Crippen molar-refractivity contribution in [1.29, 1.82) is 5.26 Å². The van der Waals surface area contributed by atoms with Crippen LogP contribution in [-0.2, 0) is 0 Å². The van der Waals surface area contributed by atoms with Gasteiger partial charge in [0.1, 0.15) is 23.2 Å². The maximum Gasteiger partial charge on any atom is 0.255 e. The molecule has 0 radical (unpaired) electrons. The van der Waals surface area contributed by atoms with Gasteiger partial charge >= 0.3 is 0 Å². The number of nitrogens with one attached hydrogen (secondary N) is 1. The molecular weight excluding hydrogens is 373 g/mol. The Kier molecular flexibility index (Phi) is 4.41. The third kappa shape index (κ3) is 3.15. The lowest BCUT2D eigenvalue weighted by Gasteiger charge is -2.10. The first-order chi connectivity index (χ1) is 14.0. The van der Waals surface area contributed by atoms with Crippen LogP contribution < -0.4 is 16.0 Å². The number of halogens is 1. The number of nitrogens with two attached hydrogens (primary N) is 1. The van der Waals surface area contributed by atoms with E-state index in [0.717, 1.165) is 0 Å². The molecule has 0 fully saturated rings. The van der Waals surface area contributed by atoms with E-state index in [1.165, 1.54) is 13.2 Å². The standard InChI is InChI=1S/C21H14FN5O2/c1-29-16-5-3-12(9-14(16)10-23)17-19(22)27-20(24)18(26-17)13-2-4-15-11(8-13)6-7-25-21(15)28/h2-9H,1H3,(H2,24,27)(H,25,28). The van der Waals surface area contributed by atoms with Crippen LogP contribution in [0.3, 0.4) is 0 Å². The molecule has 8 heteroatoms. The molecule has 2 heterocycles. The van der Waals surface area contributed by atoms with E-state index >= 15 is 0 Å². The SMILES string of the molecule is COc1ccc(-c2nc(-c3ccc4c(=O)[nH]ccc4c3)c(N)nc2F)cc1C#N. The van der Waals surface area contributed by atoms with Crippen LogP contribution in [0.25, 0.3) is 33.3 Å². The Balaban J connectivity index is 1.89. The molecule has 0 saturated carbocycles. The van der Waals surface area contributed by atoms with Crippen molar-refractivity contribution < 1.29 is 9.13 Å². The molecule has 7 nitrogen and oxygen atoms in total. The zero-order valence-corrected chi connectivity index (χ0v) is 15.2. The summed E-state index contributed by atoms with van der Waals surface area (Å²) in [7, 11) is 1.45. The largest absolute Gasteiger partial charge is 0.495 e. The highest BCUT2D eigenvalue weighted by atomic mass is 19.1. The normalized spacial score (nSPS) is 10.7. The van der Waals surface area contributed by atoms with E-state index in [0.29, 0.717) is 27.6 Å². The minimum Gasteiger partial charge on any atom is -0.495 e. The number of aromatic amines is 1. The molecule has 4 rings (SSSR count). The summed E-state index contributed by atoms with van der Waals surface area (Å²) in [4.78, 5) is 22.7. The molecule has 4 aromatic rings. The first kappa shape index (κ1) is 18.1. The van der Waals surface area contributed by atoms with E-state index in [9.17, 15) is 14.4 Å². The molecule has 142 valence electrons. The molecule has 0 aliphatic rings. The van der Waals surface area contributed by atoms with Crippen LogP contribution in [0.1, 0.15) is 5.56 Å². The van der Waals surface area contributed by atoms with E-state index in [-0.39, 0.29) is 28.3 Å². The van der Waals surface area contributed by atoms with Gasteiger partial charge in [0.25, 0.3) is 5.56 Å². The number of methoxy groups -OCH3 is 1. The van der Waals surface area contributed by atoms with Crippen LogP contribution >= 0.6 is 0 Å². The minimum absolute atomic E-state index is 0.0423. The average molecular weight is 387 g/mol. The molecule has 3 N–H and O–H groups in total. The summed E-state index contributed by atoms with van der Waals surface area (Å²) in [6.07, 6.45) is 1.54. The summed E-state index contributed by atoms with van der Waals surface area (Å²) >= 11 is 0. The second-order valence-electron chi connectivity index (χ2n) is 6.23. The van der Waals surface area contributed by atoms with Crippen molar-refractivity contribution in [1.82, 2.24) is 15.0 Å². The molecule has 29 heavy (non-hydrogen) atoms. The van der Waals surface area contributed by atoms with Crippen LogP contribution in [0.5, 0.6) is 5.75 Å². The lowest BCUT2D eigenvalue weighted by molar-refractivity contribution is 0.413. The average Bonchev–Trinajstić information content (AvgIpc) is 2.73. The first-order valence-electron chi connectivity index (χ1n) is 8.55. The highest BCUT2D eigenvalue weighted by molar-refractivity contribution is 5.87. The Labute approximate surface area is 164 Å². The maximum absolute atomic E-state index is 14.5. The fraction of sp³-hybridized carbons (Fsp3) is 0.0476. The maximum atomic E-state index is 14.5. The van der Waals surface area contributed by atoms with Crippen LogP contribution in [0, 0.1) is 17.3 Å². The molecule has 2 aromatic carbocycles. The zero-order valence-electron chi connectivity index (χ0n) is 15.2. The monoisotopic (exact) mass is 387 g/mol. The predicted molar refractivity (Wildman–Crippen MR) is 107 cm³/mol. The van der Waals surface area contributed by atoms with Gasteiger partial charge in [-0.15, -0.1) is 0 Å². The quantitative estimate of drug-likeness (QED) is 0.557. The molecule has 0 aliphatic carbocycles. The van der Waals surface area contributed by atoms with Gasteiger partial charge in [0.15, 0.2) is 5.82 Å². The number of nitriles is 1. The van der Waals surface area contributed by atoms with Gasteiger partial charge in [-0.2, -0.15) is 14.6 Å². The lowest BCUT2D eigenvalue weighted by atomic mass is 10.0. The molecule has 0 aliphatic heterocycles. The van der Waals surface area contributed by atoms with Crippen molar-refractivity contribution in [3.05, 3.63) is 70.5 Å².